The number of aromatic nitrogens is 1. The van der Waals surface area contributed by atoms with Gasteiger partial charge in [-0.05, 0) is 42.7 Å². The summed E-state index contributed by atoms with van der Waals surface area (Å²) in [5.74, 6) is 1.07. The number of carbonyl (C=O) groups excluding carboxylic acids is 2. The number of pyridine rings is 1. The van der Waals surface area contributed by atoms with E-state index >= 15 is 0 Å². The predicted octanol–water partition coefficient (Wildman–Crippen LogP) is 2.16. The summed E-state index contributed by atoms with van der Waals surface area (Å²) in [6.07, 6.45) is 5.53. The van der Waals surface area contributed by atoms with Crippen LogP contribution in [0.4, 0.5) is 5.82 Å². The van der Waals surface area contributed by atoms with Crippen molar-refractivity contribution in [3.8, 4) is 0 Å². The number of carbonyl (C=O) groups is 2. The Hall–Kier alpha value is -3.45. The quantitative estimate of drug-likeness (QED) is 0.635. The molecule has 1 aromatic carbocycles. The van der Waals surface area contributed by atoms with Gasteiger partial charge in [0.15, 0.2) is 0 Å². The number of hydrogen-bond donors (Lipinski definition) is 2. The van der Waals surface area contributed by atoms with Crippen molar-refractivity contribution < 1.29 is 19.7 Å². The number of amides is 2. The summed E-state index contributed by atoms with van der Waals surface area (Å²) in [6, 6.07) is 9.81. The van der Waals surface area contributed by atoms with Gasteiger partial charge in [-0.15, -0.1) is 0 Å². The Labute approximate surface area is 174 Å². The van der Waals surface area contributed by atoms with Gasteiger partial charge >= 0.3 is 0 Å². The summed E-state index contributed by atoms with van der Waals surface area (Å²) in [5, 5.41) is 3.88. The molecule has 0 spiro atoms. The third kappa shape index (κ3) is 3.84. The van der Waals surface area contributed by atoms with Crippen molar-refractivity contribution >= 4 is 34.7 Å². The van der Waals surface area contributed by atoms with E-state index in [1.165, 1.54) is 6.08 Å². The number of nitrogens with zero attached hydrogens (tertiary/aromatic N) is 2. The topological polar surface area (TPSA) is 103 Å². The molecule has 0 bridgehead atoms. The molecule has 1 unspecified atom stereocenters. The van der Waals surface area contributed by atoms with Crippen LogP contribution in [0, 0.1) is 12.8 Å². The SMILES string of the molecule is Cc1c(CN(C)C(=O)/C=C/c2cnc3c(c2)CC(C[NH3+])C(=O)N3)oc2ccccc12. The van der Waals surface area contributed by atoms with Crippen LogP contribution in [0.25, 0.3) is 17.0 Å². The second-order valence-corrected chi connectivity index (χ2v) is 7.63. The molecule has 2 amide bonds. The summed E-state index contributed by atoms with van der Waals surface area (Å²) in [7, 11) is 1.75. The van der Waals surface area contributed by atoms with E-state index in [1.54, 1.807) is 24.2 Å². The summed E-state index contributed by atoms with van der Waals surface area (Å²) >= 11 is 0. The molecule has 0 radical (unpaired) electrons. The second-order valence-electron chi connectivity index (χ2n) is 7.63. The van der Waals surface area contributed by atoms with E-state index in [1.807, 2.05) is 37.3 Å². The molecule has 2 aromatic heterocycles. The molecule has 1 aliphatic rings. The number of fused-ring (bicyclic) bond motifs is 2. The summed E-state index contributed by atoms with van der Waals surface area (Å²) in [6.45, 7) is 2.94. The molecule has 7 heteroatoms. The van der Waals surface area contributed by atoms with E-state index in [-0.39, 0.29) is 17.7 Å². The maximum Gasteiger partial charge on any atom is 0.246 e. The van der Waals surface area contributed by atoms with Gasteiger partial charge in [-0.1, -0.05) is 18.2 Å². The van der Waals surface area contributed by atoms with Crippen LogP contribution >= 0.6 is 0 Å². The molecule has 4 rings (SSSR count). The molecule has 3 heterocycles. The zero-order valence-corrected chi connectivity index (χ0v) is 17.1. The molecule has 3 aromatic rings. The number of likely N-dealkylation sites (N-methyl/N-ethyl adjacent to an activating group) is 1. The number of anilines is 1. The van der Waals surface area contributed by atoms with Crippen LogP contribution in [0.15, 0.2) is 47.0 Å². The molecule has 0 saturated heterocycles. The van der Waals surface area contributed by atoms with Crippen LogP contribution in [-0.2, 0) is 22.6 Å². The van der Waals surface area contributed by atoms with Crippen molar-refractivity contribution in [2.75, 3.05) is 18.9 Å². The van der Waals surface area contributed by atoms with Crippen LogP contribution in [0.5, 0.6) is 0 Å². The smallest absolute Gasteiger partial charge is 0.246 e. The lowest BCUT2D eigenvalue weighted by atomic mass is 9.94. The number of para-hydroxylation sites is 1. The molecule has 30 heavy (non-hydrogen) atoms. The van der Waals surface area contributed by atoms with Crippen molar-refractivity contribution in [1.29, 1.82) is 0 Å². The molecule has 1 aliphatic heterocycles. The maximum atomic E-state index is 12.6. The van der Waals surface area contributed by atoms with E-state index in [4.69, 9.17) is 4.42 Å². The first-order chi connectivity index (χ1) is 14.5. The Balaban J connectivity index is 1.45. The first-order valence-corrected chi connectivity index (χ1v) is 9.95. The molecular formula is C23H25N4O3+. The highest BCUT2D eigenvalue weighted by atomic mass is 16.3. The van der Waals surface area contributed by atoms with E-state index in [9.17, 15) is 9.59 Å². The molecule has 7 nitrogen and oxygen atoms in total. The van der Waals surface area contributed by atoms with E-state index in [0.717, 1.165) is 33.4 Å². The molecule has 154 valence electrons. The minimum atomic E-state index is -0.140. The van der Waals surface area contributed by atoms with Crippen molar-refractivity contribution in [2.45, 2.75) is 19.9 Å². The lowest BCUT2D eigenvalue weighted by molar-refractivity contribution is -0.375. The predicted molar refractivity (Wildman–Crippen MR) is 114 cm³/mol. The van der Waals surface area contributed by atoms with Gasteiger partial charge in [-0.2, -0.15) is 0 Å². The average molecular weight is 405 g/mol. The van der Waals surface area contributed by atoms with Crippen molar-refractivity contribution in [2.24, 2.45) is 5.92 Å². The summed E-state index contributed by atoms with van der Waals surface area (Å²) in [4.78, 5) is 30.5. The highest BCUT2D eigenvalue weighted by molar-refractivity contribution is 5.95. The molecule has 1 atom stereocenters. The Morgan fingerprint density at radius 3 is 2.97 bits per heavy atom. The number of nitrogens with one attached hydrogen (secondary N) is 1. The molecular weight excluding hydrogens is 380 g/mol. The molecule has 4 N–H and O–H groups in total. The highest BCUT2D eigenvalue weighted by Crippen LogP contribution is 2.26. The van der Waals surface area contributed by atoms with Crippen LogP contribution < -0.4 is 11.1 Å². The number of furan rings is 1. The van der Waals surface area contributed by atoms with Gasteiger partial charge in [-0.3, -0.25) is 9.59 Å². The maximum absolute atomic E-state index is 12.6. The minimum absolute atomic E-state index is 0.0361. The van der Waals surface area contributed by atoms with Crippen molar-refractivity contribution in [3.05, 3.63) is 65.1 Å². The first kappa shape index (κ1) is 19.8. The van der Waals surface area contributed by atoms with Crippen LogP contribution in [0.1, 0.15) is 22.5 Å². The third-order valence-corrected chi connectivity index (χ3v) is 5.53. The Kier molecular flexibility index (Phi) is 5.37. The number of quaternary nitrogens is 1. The normalized spacial score (nSPS) is 16.0. The lowest BCUT2D eigenvalue weighted by Crippen LogP contribution is -2.57. The number of aryl methyl sites for hydroxylation is 1. The van der Waals surface area contributed by atoms with Gasteiger partial charge in [0.05, 0.1) is 19.0 Å². The third-order valence-electron chi connectivity index (χ3n) is 5.53. The zero-order valence-electron chi connectivity index (χ0n) is 17.1. The van der Waals surface area contributed by atoms with E-state index in [0.29, 0.717) is 25.3 Å². The van der Waals surface area contributed by atoms with Gasteiger partial charge in [0.25, 0.3) is 0 Å². The van der Waals surface area contributed by atoms with Gasteiger partial charge in [-0.25, -0.2) is 4.98 Å². The van der Waals surface area contributed by atoms with Gasteiger partial charge in [0.1, 0.15) is 17.2 Å². The highest BCUT2D eigenvalue weighted by Gasteiger charge is 2.27. The van der Waals surface area contributed by atoms with E-state index in [2.05, 4.69) is 16.0 Å². The van der Waals surface area contributed by atoms with Crippen molar-refractivity contribution in [1.82, 2.24) is 9.88 Å². The summed E-state index contributed by atoms with van der Waals surface area (Å²) in [5.41, 5.74) is 7.49. The van der Waals surface area contributed by atoms with Crippen LogP contribution in [0.3, 0.4) is 0 Å². The largest absolute Gasteiger partial charge is 0.459 e. The first-order valence-electron chi connectivity index (χ1n) is 9.95. The summed E-state index contributed by atoms with van der Waals surface area (Å²) < 4.78 is 5.91. The fraction of sp³-hybridized carbons (Fsp3) is 0.261. The number of hydrogen-bond acceptors (Lipinski definition) is 4. The minimum Gasteiger partial charge on any atom is -0.459 e. The zero-order chi connectivity index (χ0) is 21.3. The monoisotopic (exact) mass is 405 g/mol. The fourth-order valence-electron chi connectivity index (χ4n) is 3.66. The fourth-order valence-corrected chi connectivity index (χ4v) is 3.66. The van der Waals surface area contributed by atoms with E-state index < -0.39 is 0 Å². The Morgan fingerprint density at radius 1 is 1.40 bits per heavy atom. The van der Waals surface area contributed by atoms with Gasteiger partial charge in [0.2, 0.25) is 11.8 Å². The van der Waals surface area contributed by atoms with Gasteiger partial charge < -0.3 is 20.4 Å². The lowest BCUT2D eigenvalue weighted by Gasteiger charge is -2.21. The molecule has 0 aliphatic carbocycles. The number of rotatable bonds is 5. The number of benzene rings is 1. The Bertz CT molecular complexity index is 1150. The van der Waals surface area contributed by atoms with Crippen LogP contribution in [0.2, 0.25) is 0 Å². The second kappa shape index (κ2) is 8.12. The standard InChI is InChI=1S/C23H24N4O3/c1-14-18-5-3-4-6-19(18)30-20(14)13-27(2)21(28)8-7-15-9-16-10-17(11-24)23(29)26-22(16)25-12-15/h3-9,12,17H,10-11,13,24H2,1-2H3,(H,25,26,29)/p+1/b8-7+. The molecule has 0 fully saturated rings. The van der Waals surface area contributed by atoms with Gasteiger partial charge in [0, 0.05) is 30.3 Å². The van der Waals surface area contributed by atoms with Crippen molar-refractivity contribution in [3.63, 3.8) is 0 Å². The Morgan fingerprint density at radius 2 is 2.20 bits per heavy atom. The average Bonchev–Trinajstić information content (AvgIpc) is 3.07. The van der Waals surface area contributed by atoms with Crippen LogP contribution in [-0.4, -0.2) is 35.3 Å². The molecule has 0 saturated carbocycles.